The molecule has 0 atom stereocenters. The van der Waals surface area contributed by atoms with Crippen molar-refractivity contribution >= 4 is 0 Å². The quantitative estimate of drug-likeness (QED) is 0.467. The number of hydrogen-bond donors (Lipinski definition) is 0. The predicted octanol–water partition coefficient (Wildman–Crippen LogP) is 1.73. The molecule has 76 valence electrons. The first kappa shape index (κ1) is 10.7. The maximum atomic E-state index is 5.38. The minimum absolute atomic E-state index is 0.123. The van der Waals surface area contributed by atoms with Gasteiger partial charge in [0, 0.05) is 6.61 Å². The van der Waals surface area contributed by atoms with Crippen LogP contribution in [0, 0.1) is 0 Å². The maximum absolute atomic E-state index is 5.38. The molecular weight excluding hydrogens is 168 g/mol. The summed E-state index contributed by atoms with van der Waals surface area (Å²) in [6.45, 7) is 4.78. The zero-order chi connectivity index (χ0) is 9.36. The van der Waals surface area contributed by atoms with E-state index in [1.165, 1.54) is 0 Å². The first-order valence-electron chi connectivity index (χ1n) is 4.85. The third-order valence-electron chi connectivity index (χ3n) is 1.84. The van der Waals surface area contributed by atoms with E-state index < -0.39 is 0 Å². The molecule has 1 heterocycles. The molecule has 0 aromatic heterocycles. The summed E-state index contributed by atoms with van der Waals surface area (Å²) in [6, 6.07) is 0. The maximum Gasteiger partial charge on any atom is 0.181 e. The average molecular weight is 186 g/mol. The van der Waals surface area contributed by atoms with E-state index in [1.54, 1.807) is 0 Å². The molecule has 1 fully saturated rings. The highest BCUT2D eigenvalue weighted by Crippen LogP contribution is 2.04. The molecule has 0 aliphatic carbocycles. The van der Waals surface area contributed by atoms with Gasteiger partial charge in [-0.2, -0.15) is 0 Å². The molecule has 0 amide bonds. The van der Waals surface area contributed by atoms with E-state index in [-0.39, 0.29) is 6.29 Å². The van der Waals surface area contributed by atoms with Crippen molar-refractivity contribution in [2.75, 3.05) is 26.4 Å². The van der Waals surface area contributed by atoms with Gasteiger partial charge < -0.3 is 14.2 Å². The molecule has 1 aliphatic rings. The number of allylic oxidation sites excluding steroid dienone is 2. The number of ether oxygens (including phenoxy) is 3. The normalized spacial score (nSPS) is 18.8. The molecule has 13 heavy (non-hydrogen) atoms. The second-order valence-corrected chi connectivity index (χ2v) is 2.96. The molecule has 0 bridgehead atoms. The molecule has 0 saturated carbocycles. The van der Waals surface area contributed by atoms with E-state index in [9.17, 15) is 0 Å². The molecule has 0 radical (unpaired) electrons. The molecule has 0 N–H and O–H groups in total. The van der Waals surface area contributed by atoms with Crippen LogP contribution < -0.4 is 0 Å². The Bertz CT molecular complexity index is 139. The van der Waals surface area contributed by atoms with Crippen LogP contribution >= 0.6 is 0 Å². The lowest BCUT2D eigenvalue weighted by molar-refractivity contribution is -0.0941. The van der Waals surface area contributed by atoms with Crippen molar-refractivity contribution in [2.24, 2.45) is 0 Å². The summed E-state index contributed by atoms with van der Waals surface area (Å²) in [5.41, 5.74) is 0. The Kier molecular flexibility index (Phi) is 5.81. The van der Waals surface area contributed by atoms with Gasteiger partial charge in [0.1, 0.15) is 0 Å². The second-order valence-electron chi connectivity index (χ2n) is 2.96. The summed E-state index contributed by atoms with van der Waals surface area (Å²) in [7, 11) is 0. The standard InChI is InChI=1S/C10H18O3/c1-2-3-4-5-6-11-9-10-12-7-8-13-10/h2-3,10H,4-9H2,1H3/b3-2+. The summed E-state index contributed by atoms with van der Waals surface area (Å²) in [5.74, 6) is 0. The van der Waals surface area contributed by atoms with Crippen LogP contribution in [0.2, 0.25) is 0 Å². The van der Waals surface area contributed by atoms with E-state index in [2.05, 4.69) is 12.2 Å². The Morgan fingerprint density at radius 2 is 2.15 bits per heavy atom. The van der Waals surface area contributed by atoms with Crippen molar-refractivity contribution < 1.29 is 14.2 Å². The van der Waals surface area contributed by atoms with Crippen LogP contribution in [0.25, 0.3) is 0 Å². The Morgan fingerprint density at radius 3 is 2.85 bits per heavy atom. The number of hydrogen-bond acceptors (Lipinski definition) is 3. The van der Waals surface area contributed by atoms with E-state index in [0.717, 1.165) is 19.4 Å². The van der Waals surface area contributed by atoms with Gasteiger partial charge in [0.05, 0.1) is 19.8 Å². The van der Waals surface area contributed by atoms with Crippen molar-refractivity contribution in [3.05, 3.63) is 12.2 Å². The monoisotopic (exact) mass is 186 g/mol. The van der Waals surface area contributed by atoms with Gasteiger partial charge in [-0.3, -0.25) is 0 Å². The summed E-state index contributed by atoms with van der Waals surface area (Å²) in [4.78, 5) is 0. The first-order valence-corrected chi connectivity index (χ1v) is 4.85. The molecular formula is C10H18O3. The van der Waals surface area contributed by atoms with E-state index in [1.807, 2.05) is 6.92 Å². The molecule has 3 heteroatoms. The van der Waals surface area contributed by atoms with Crippen LogP contribution in [0.15, 0.2) is 12.2 Å². The highest BCUT2D eigenvalue weighted by molar-refractivity contribution is 4.76. The van der Waals surface area contributed by atoms with E-state index in [4.69, 9.17) is 14.2 Å². The third-order valence-corrected chi connectivity index (χ3v) is 1.84. The minimum atomic E-state index is -0.123. The van der Waals surface area contributed by atoms with Gasteiger partial charge in [0.15, 0.2) is 6.29 Å². The SMILES string of the molecule is C/C=C/CCCOCC1OCCO1. The first-order chi connectivity index (χ1) is 6.43. The van der Waals surface area contributed by atoms with Crippen LogP contribution in [0.4, 0.5) is 0 Å². The second kappa shape index (κ2) is 7.06. The zero-order valence-electron chi connectivity index (χ0n) is 8.20. The predicted molar refractivity (Wildman–Crippen MR) is 50.6 cm³/mol. The van der Waals surface area contributed by atoms with Crippen molar-refractivity contribution in [3.8, 4) is 0 Å². The molecule has 1 rings (SSSR count). The molecule has 0 unspecified atom stereocenters. The Morgan fingerprint density at radius 1 is 1.38 bits per heavy atom. The Hall–Kier alpha value is -0.380. The van der Waals surface area contributed by atoms with Gasteiger partial charge in [0.25, 0.3) is 0 Å². The van der Waals surface area contributed by atoms with Gasteiger partial charge in [-0.25, -0.2) is 0 Å². The van der Waals surface area contributed by atoms with Gasteiger partial charge >= 0.3 is 0 Å². The summed E-state index contributed by atoms with van der Waals surface area (Å²) in [6.07, 6.45) is 6.23. The molecule has 1 saturated heterocycles. The topological polar surface area (TPSA) is 27.7 Å². The van der Waals surface area contributed by atoms with Gasteiger partial charge in [-0.05, 0) is 19.8 Å². The highest BCUT2D eigenvalue weighted by atomic mass is 16.7. The van der Waals surface area contributed by atoms with Crippen molar-refractivity contribution in [1.82, 2.24) is 0 Å². The Balaban J connectivity index is 1.83. The van der Waals surface area contributed by atoms with E-state index in [0.29, 0.717) is 19.8 Å². The van der Waals surface area contributed by atoms with Gasteiger partial charge in [-0.15, -0.1) is 0 Å². The van der Waals surface area contributed by atoms with Gasteiger partial charge in [-0.1, -0.05) is 12.2 Å². The molecule has 0 aromatic carbocycles. The third kappa shape index (κ3) is 5.03. The molecule has 3 nitrogen and oxygen atoms in total. The van der Waals surface area contributed by atoms with Crippen molar-refractivity contribution in [3.63, 3.8) is 0 Å². The van der Waals surface area contributed by atoms with Crippen LogP contribution in [0.3, 0.4) is 0 Å². The molecule has 0 aromatic rings. The smallest absolute Gasteiger partial charge is 0.181 e. The van der Waals surface area contributed by atoms with Crippen molar-refractivity contribution in [2.45, 2.75) is 26.1 Å². The summed E-state index contributed by atoms with van der Waals surface area (Å²) >= 11 is 0. The lowest BCUT2D eigenvalue weighted by atomic mass is 10.3. The summed E-state index contributed by atoms with van der Waals surface area (Å²) < 4.78 is 15.8. The van der Waals surface area contributed by atoms with Crippen LogP contribution in [0.5, 0.6) is 0 Å². The van der Waals surface area contributed by atoms with Crippen LogP contribution in [-0.2, 0) is 14.2 Å². The lowest BCUT2D eigenvalue weighted by Crippen LogP contribution is -2.16. The van der Waals surface area contributed by atoms with Crippen LogP contribution in [0.1, 0.15) is 19.8 Å². The fourth-order valence-electron chi connectivity index (χ4n) is 1.15. The fourth-order valence-corrected chi connectivity index (χ4v) is 1.15. The number of rotatable bonds is 6. The van der Waals surface area contributed by atoms with Crippen LogP contribution in [-0.4, -0.2) is 32.7 Å². The fraction of sp³-hybridized carbons (Fsp3) is 0.800. The Labute approximate surface area is 79.7 Å². The molecule has 1 aliphatic heterocycles. The lowest BCUT2D eigenvalue weighted by Gasteiger charge is -2.08. The van der Waals surface area contributed by atoms with E-state index >= 15 is 0 Å². The average Bonchev–Trinajstić information content (AvgIpc) is 2.63. The van der Waals surface area contributed by atoms with Gasteiger partial charge in [0.2, 0.25) is 0 Å². The minimum Gasteiger partial charge on any atom is -0.376 e. The summed E-state index contributed by atoms with van der Waals surface area (Å²) in [5, 5.41) is 0. The number of unbranched alkanes of at least 4 members (excludes halogenated alkanes) is 1. The molecule has 0 spiro atoms. The largest absolute Gasteiger partial charge is 0.376 e. The zero-order valence-corrected chi connectivity index (χ0v) is 8.20. The van der Waals surface area contributed by atoms with Crippen molar-refractivity contribution in [1.29, 1.82) is 0 Å². The highest BCUT2D eigenvalue weighted by Gasteiger charge is 2.14.